The lowest BCUT2D eigenvalue weighted by Crippen LogP contribution is -2.47. The zero-order chi connectivity index (χ0) is 26.1. The van der Waals surface area contributed by atoms with Crippen LogP contribution in [0.3, 0.4) is 0 Å². The lowest BCUT2D eigenvalue weighted by molar-refractivity contribution is -0.114. The summed E-state index contributed by atoms with van der Waals surface area (Å²) in [5, 5.41) is 9.47. The summed E-state index contributed by atoms with van der Waals surface area (Å²) in [6, 6.07) is 5.93. The Hall–Kier alpha value is -2.07. The number of rotatable bonds is 4. The molecular formula is C24H36BrF2N3O4. The Labute approximate surface area is 209 Å². The van der Waals surface area contributed by atoms with Gasteiger partial charge in [0.05, 0.1) is 0 Å². The number of aliphatic hydroxyl groups excluding tert-OH is 1. The highest BCUT2D eigenvalue weighted by Gasteiger charge is 2.43. The lowest BCUT2D eigenvalue weighted by atomic mass is 9.71. The van der Waals surface area contributed by atoms with Gasteiger partial charge < -0.3 is 19.5 Å². The monoisotopic (exact) mass is 547 g/mol. The molecule has 0 heterocycles. The second-order valence-electron chi connectivity index (χ2n) is 9.47. The normalized spacial score (nSPS) is 16.7. The van der Waals surface area contributed by atoms with Crippen molar-refractivity contribution in [3.8, 4) is 0 Å². The van der Waals surface area contributed by atoms with Gasteiger partial charge in [0.2, 0.25) is 5.96 Å². The number of halogens is 3. The Morgan fingerprint density at radius 2 is 1.82 bits per heavy atom. The molecule has 2 rings (SSSR count). The second kappa shape index (κ2) is 13.1. The van der Waals surface area contributed by atoms with Crippen LogP contribution in [0.4, 0.5) is 13.6 Å². The fourth-order valence-electron chi connectivity index (χ4n) is 3.94. The van der Waals surface area contributed by atoms with Crippen LogP contribution in [0.1, 0.15) is 64.0 Å². The van der Waals surface area contributed by atoms with E-state index in [0.717, 1.165) is 47.6 Å². The van der Waals surface area contributed by atoms with Crippen LogP contribution in [0.2, 0.25) is 0 Å². The van der Waals surface area contributed by atoms with Crippen LogP contribution in [-0.2, 0) is 15.1 Å². The number of hydrogen-bond acceptors (Lipinski definition) is 5. The number of aldehydes is 1. The summed E-state index contributed by atoms with van der Waals surface area (Å²) in [5.74, 6) is 0.369. The Bertz CT molecular complexity index is 850. The molecule has 0 bridgehead atoms. The van der Waals surface area contributed by atoms with E-state index in [4.69, 9.17) is 14.8 Å². The quantitative estimate of drug-likeness (QED) is 0.300. The molecule has 1 aliphatic carbocycles. The molecule has 1 unspecified atom stereocenters. The number of guanidine groups is 1. The molecule has 0 aromatic heterocycles. The maximum absolute atomic E-state index is 12.8. The first-order valence-electron chi connectivity index (χ1n) is 11.2. The number of carbonyl (C=O) groups is 2. The number of amides is 1. The first-order chi connectivity index (χ1) is 15.7. The van der Waals surface area contributed by atoms with E-state index < -0.39 is 23.8 Å². The maximum Gasteiger partial charge on any atom is 0.414 e. The lowest BCUT2D eigenvalue weighted by Gasteiger charge is -2.38. The van der Waals surface area contributed by atoms with Crippen molar-refractivity contribution in [3.05, 3.63) is 33.8 Å². The number of aliphatic imine (C=N–C) groups is 1. The van der Waals surface area contributed by atoms with Gasteiger partial charge in [0.15, 0.2) is 6.29 Å². The van der Waals surface area contributed by atoms with E-state index in [0.29, 0.717) is 5.96 Å². The fraction of sp³-hybridized carbons (Fsp3) is 0.625. The number of alkyl carbamates (subject to hydrolysis) is 1. The molecule has 2 N–H and O–H groups in total. The minimum atomic E-state index is -3.17. The molecule has 0 radical (unpaired) electrons. The zero-order valence-electron chi connectivity index (χ0n) is 20.7. The predicted octanol–water partition coefficient (Wildman–Crippen LogP) is 5.38. The first-order valence-corrected chi connectivity index (χ1v) is 12.0. The van der Waals surface area contributed by atoms with E-state index in [9.17, 15) is 18.4 Å². The fourth-order valence-corrected chi connectivity index (χ4v) is 4.30. The zero-order valence-corrected chi connectivity index (χ0v) is 22.3. The minimum absolute atomic E-state index is 0.0622. The topological polar surface area (TPSA) is 91.2 Å². The summed E-state index contributed by atoms with van der Waals surface area (Å²) in [6.45, 7) is 4.25. The van der Waals surface area contributed by atoms with Gasteiger partial charge in [-0.2, -0.15) is 8.78 Å². The van der Waals surface area contributed by atoms with Crippen molar-refractivity contribution in [2.45, 2.75) is 77.6 Å². The highest BCUT2D eigenvalue weighted by Crippen LogP contribution is 2.43. The molecule has 10 heteroatoms. The van der Waals surface area contributed by atoms with Gasteiger partial charge >= 0.3 is 12.7 Å². The van der Waals surface area contributed by atoms with Crippen molar-refractivity contribution < 1.29 is 28.2 Å². The Morgan fingerprint density at radius 3 is 2.29 bits per heavy atom. The van der Waals surface area contributed by atoms with E-state index in [2.05, 4.69) is 21.2 Å². The Kier molecular flexibility index (Phi) is 11.6. The van der Waals surface area contributed by atoms with Crippen LogP contribution < -0.4 is 5.32 Å². The van der Waals surface area contributed by atoms with Gasteiger partial charge in [-0.15, -0.1) is 0 Å². The van der Waals surface area contributed by atoms with Crippen molar-refractivity contribution in [3.63, 3.8) is 0 Å². The summed E-state index contributed by atoms with van der Waals surface area (Å²) in [5.41, 5.74) is 0.148. The van der Waals surface area contributed by atoms with E-state index in [1.807, 2.05) is 45.9 Å². The van der Waals surface area contributed by atoms with Gasteiger partial charge in [-0.1, -0.05) is 41.3 Å². The van der Waals surface area contributed by atoms with E-state index >= 15 is 0 Å². The average molecular weight is 548 g/mol. The molecule has 1 atom stereocenters. The van der Waals surface area contributed by atoms with Crippen molar-refractivity contribution in [1.82, 2.24) is 10.2 Å². The smallest absolute Gasteiger partial charge is 0.414 e. The molecule has 1 aliphatic rings. The Balaban J connectivity index is 0.00000133. The van der Waals surface area contributed by atoms with Gasteiger partial charge in [0.25, 0.3) is 0 Å². The van der Waals surface area contributed by atoms with E-state index in [1.165, 1.54) is 6.42 Å². The summed E-state index contributed by atoms with van der Waals surface area (Å²) >= 11 is 3.55. The largest absolute Gasteiger partial charge is 0.444 e. The van der Waals surface area contributed by atoms with Crippen LogP contribution in [0.25, 0.3) is 0 Å². The van der Waals surface area contributed by atoms with Crippen LogP contribution in [-0.4, -0.2) is 54.7 Å². The molecule has 0 saturated heterocycles. The third-order valence-electron chi connectivity index (χ3n) is 5.37. The molecule has 0 aliphatic heterocycles. The van der Waals surface area contributed by atoms with E-state index in [1.54, 1.807) is 19.0 Å². The van der Waals surface area contributed by atoms with Crippen molar-refractivity contribution >= 4 is 34.3 Å². The third kappa shape index (κ3) is 9.29. The van der Waals surface area contributed by atoms with Crippen LogP contribution in [0.5, 0.6) is 0 Å². The Morgan fingerprint density at radius 1 is 1.26 bits per heavy atom. The average Bonchev–Trinajstić information content (AvgIpc) is 2.72. The van der Waals surface area contributed by atoms with Crippen LogP contribution in [0, 0.1) is 12.8 Å². The summed E-state index contributed by atoms with van der Waals surface area (Å²) in [7, 11) is 3.58. The summed E-state index contributed by atoms with van der Waals surface area (Å²) in [6.07, 6.45) is 5.51. The molecule has 192 valence electrons. The summed E-state index contributed by atoms with van der Waals surface area (Å²) in [4.78, 5) is 31.9. The number of aryl methyl sites for hydroxylation is 1. The number of benzene rings is 1. The SMILES string of the molecule is Cc1ccc(Br)cc1C(C=O)(N=C(NC(=O)OC(C)(C)C)N(C)C)C1CCCCC1.OC(F)F. The molecule has 1 amide bonds. The minimum Gasteiger partial charge on any atom is -0.444 e. The van der Waals surface area contributed by atoms with Crippen LogP contribution in [0.15, 0.2) is 27.7 Å². The molecular weight excluding hydrogens is 512 g/mol. The molecule has 7 nitrogen and oxygen atoms in total. The molecule has 1 saturated carbocycles. The van der Waals surface area contributed by atoms with Crippen molar-refractivity contribution in [2.24, 2.45) is 10.9 Å². The number of nitrogens with one attached hydrogen (secondary N) is 1. The van der Waals surface area contributed by atoms with Gasteiger partial charge in [0.1, 0.15) is 11.1 Å². The number of hydrogen-bond donors (Lipinski definition) is 2. The van der Waals surface area contributed by atoms with Crippen LogP contribution >= 0.6 is 15.9 Å². The summed E-state index contributed by atoms with van der Waals surface area (Å²) < 4.78 is 26.1. The number of aliphatic hydroxyl groups is 1. The molecule has 0 spiro atoms. The number of ether oxygens (including phenoxy) is 1. The number of carbonyl (C=O) groups excluding carboxylic acids is 2. The second-order valence-corrected chi connectivity index (χ2v) is 10.4. The predicted molar refractivity (Wildman–Crippen MR) is 132 cm³/mol. The van der Waals surface area contributed by atoms with Gasteiger partial charge in [-0.3, -0.25) is 5.32 Å². The first kappa shape index (κ1) is 30.0. The molecule has 1 aromatic carbocycles. The molecule has 34 heavy (non-hydrogen) atoms. The highest BCUT2D eigenvalue weighted by molar-refractivity contribution is 9.10. The molecule has 1 fully saturated rings. The molecule has 1 aromatic rings. The standard InChI is InChI=1S/C23H34BrN3O3.CH2F2O/c1-16-12-13-18(24)14-19(16)23(15-28,17-10-8-7-9-11-17)26-20(27(5)6)25-21(29)30-22(2,3)4;2-1(3)4/h12-15,17H,7-11H2,1-6H3,(H,25,26,29);1,4H. The highest BCUT2D eigenvalue weighted by atomic mass is 79.9. The van der Waals surface area contributed by atoms with E-state index in [-0.39, 0.29) is 5.92 Å². The van der Waals surface area contributed by atoms with Gasteiger partial charge in [-0.25, -0.2) is 9.79 Å². The number of alkyl halides is 2. The maximum atomic E-state index is 12.8. The number of nitrogens with zero attached hydrogens (tertiary/aromatic N) is 2. The van der Waals surface area contributed by atoms with Gasteiger partial charge in [-0.05, 0) is 69.7 Å². The van der Waals surface area contributed by atoms with Crippen molar-refractivity contribution in [2.75, 3.05) is 14.1 Å². The van der Waals surface area contributed by atoms with Crippen molar-refractivity contribution in [1.29, 1.82) is 0 Å². The third-order valence-corrected chi connectivity index (χ3v) is 5.86. The van der Waals surface area contributed by atoms with Gasteiger partial charge in [0, 0.05) is 18.6 Å².